The molecule has 0 aromatic rings. The topological polar surface area (TPSA) is 58.6 Å². The summed E-state index contributed by atoms with van der Waals surface area (Å²) in [6.45, 7) is 6.12. The highest BCUT2D eigenvalue weighted by Crippen LogP contribution is 2.59. The third-order valence-electron chi connectivity index (χ3n) is 4.25. The molecular weight excluding hydrogens is 230 g/mol. The molecule has 0 aromatic carbocycles. The largest absolute Gasteiger partial charge is 0.391 e. The van der Waals surface area contributed by atoms with E-state index in [-0.39, 0.29) is 17.2 Å². The van der Waals surface area contributed by atoms with E-state index in [2.05, 4.69) is 19.2 Å². The van der Waals surface area contributed by atoms with Gasteiger partial charge in [-0.2, -0.15) is 0 Å². The molecule has 1 amide bonds. The highest BCUT2D eigenvalue weighted by atomic mass is 16.5. The Hall–Kier alpha value is -0.610. The Labute approximate surface area is 109 Å². The monoisotopic (exact) mass is 255 g/mol. The highest BCUT2D eigenvalue weighted by Gasteiger charge is 2.57. The number of nitrogens with one attached hydrogen (secondary N) is 1. The van der Waals surface area contributed by atoms with E-state index >= 15 is 0 Å². The lowest BCUT2D eigenvalue weighted by Gasteiger charge is -2.22. The van der Waals surface area contributed by atoms with Crippen LogP contribution in [0.5, 0.6) is 0 Å². The van der Waals surface area contributed by atoms with Gasteiger partial charge in [-0.25, -0.2) is 0 Å². The van der Waals surface area contributed by atoms with Gasteiger partial charge in [0.15, 0.2) is 0 Å². The van der Waals surface area contributed by atoms with Gasteiger partial charge in [0.25, 0.3) is 0 Å². The molecule has 18 heavy (non-hydrogen) atoms. The second kappa shape index (κ2) is 5.57. The van der Waals surface area contributed by atoms with Gasteiger partial charge < -0.3 is 15.2 Å². The lowest BCUT2D eigenvalue weighted by Crippen LogP contribution is -2.35. The van der Waals surface area contributed by atoms with Crippen LogP contribution in [0.2, 0.25) is 0 Å². The van der Waals surface area contributed by atoms with Gasteiger partial charge in [-0.05, 0) is 37.0 Å². The predicted octanol–water partition coefficient (Wildman–Crippen LogP) is 1.33. The van der Waals surface area contributed by atoms with Crippen molar-refractivity contribution in [2.75, 3.05) is 19.8 Å². The molecule has 2 fully saturated rings. The van der Waals surface area contributed by atoms with Crippen LogP contribution >= 0.6 is 0 Å². The van der Waals surface area contributed by atoms with Crippen LogP contribution in [-0.4, -0.2) is 36.9 Å². The van der Waals surface area contributed by atoms with Gasteiger partial charge in [0.05, 0.1) is 6.10 Å². The molecule has 2 aliphatic rings. The summed E-state index contributed by atoms with van der Waals surface area (Å²) in [5, 5.41) is 12.6. The summed E-state index contributed by atoms with van der Waals surface area (Å²) in [4.78, 5) is 12.0. The van der Waals surface area contributed by atoms with Gasteiger partial charge in [-0.3, -0.25) is 4.79 Å². The molecule has 104 valence electrons. The normalized spacial score (nSPS) is 27.2. The fourth-order valence-corrected chi connectivity index (χ4v) is 3.02. The standard InChI is InChI=1S/C14H25NO3/c1-10(2)7-11(16)9-15-13(17)12-8-14(12)3-5-18-6-4-14/h10-12,16H,3-9H2,1-2H3,(H,15,17). The lowest BCUT2D eigenvalue weighted by atomic mass is 9.93. The molecular formula is C14H25NO3. The molecule has 1 spiro atoms. The maximum atomic E-state index is 12.0. The van der Waals surface area contributed by atoms with Crippen molar-refractivity contribution in [3.05, 3.63) is 0 Å². The minimum Gasteiger partial charge on any atom is -0.391 e. The number of hydrogen-bond acceptors (Lipinski definition) is 3. The Bertz CT molecular complexity index is 297. The first-order valence-electron chi connectivity index (χ1n) is 7.07. The molecule has 2 N–H and O–H groups in total. The van der Waals surface area contributed by atoms with Crippen molar-refractivity contribution in [2.45, 2.75) is 45.6 Å². The van der Waals surface area contributed by atoms with Crippen LogP contribution in [0.15, 0.2) is 0 Å². The maximum Gasteiger partial charge on any atom is 0.223 e. The van der Waals surface area contributed by atoms with Gasteiger partial charge in [0.1, 0.15) is 0 Å². The van der Waals surface area contributed by atoms with Crippen LogP contribution in [-0.2, 0) is 9.53 Å². The van der Waals surface area contributed by atoms with E-state index in [0.717, 1.165) is 38.9 Å². The molecule has 1 aliphatic carbocycles. The second-order valence-corrected chi connectivity index (χ2v) is 6.26. The number of hydrogen-bond donors (Lipinski definition) is 2. The highest BCUT2D eigenvalue weighted by molar-refractivity contribution is 5.82. The Morgan fingerprint density at radius 1 is 1.44 bits per heavy atom. The van der Waals surface area contributed by atoms with Gasteiger partial charge in [-0.15, -0.1) is 0 Å². The smallest absolute Gasteiger partial charge is 0.223 e. The van der Waals surface area contributed by atoms with Crippen molar-refractivity contribution in [1.82, 2.24) is 5.32 Å². The first kappa shape index (κ1) is 13.8. The Morgan fingerprint density at radius 3 is 2.72 bits per heavy atom. The average molecular weight is 255 g/mol. The first-order valence-corrected chi connectivity index (χ1v) is 7.07. The fraction of sp³-hybridized carbons (Fsp3) is 0.929. The summed E-state index contributed by atoms with van der Waals surface area (Å²) in [5.74, 6) is 0.743. The summed E-state index contributed by atoms with van der Waals surface area (Å²) in [6, 6.07) is 0. The van der Waals surface area contributed by atoms with Crippen molar-refractivity contribution in [3.8, 4) is 0 Å². The van der Waals surface area contributed by atoms with E-state index < -0.39 is 6.10 Å². The molecule has 0 bridgehead atoms. The minimum absolute atomic E-state index is 0.125. The Kier molecular flexibility index (Phi) is 4.28. The number of ether oxygens (including phenoxy) is 1. The maximum absolute atomic E-state index is 12.0. The zero-order valence-electron chi connectivity index (χ0n) is 11.4. The molecule has 4 heteroatoms. The van der Waals surface area contributed by atoms with E-state index in [1.54, 1.807) is 0 Å². The second-order valence-electron chi connectivity index (χ2n) is 6.26. The SMILES string of the molecule is CC(C)CC(O)CNC(=O)C1CC12CCOCC2. The van der Waals surface area contributed by atoms with Crippen molar-refractivity contribution >= 4 is 5.91 Å². The van der Waals surface area contributed by atoms with E-state index in [4.69, 9.17) is 4.74 Å². The molecule has 1 aliphatic heterocycles. The van der Waals surface area contributed by atoms with E-state index in [1.807, 2.05) is 0 Å². The molecule has 1 saturated carbocycles. The Balaban J connectivity index is 1.70. The van der Waals surface area contributed by atoms with Crippen LogP contribution < -0.4 is 5.32 Å². The molecule has 1 saturated heterocycles. The fourth-order valence-electron chi connectivity index (χ4n) is 3.02. The quantitative estimate of drug-likeness (QED) is 0.779. The zero-order chi connectivity index (χ0) is 13.2. The minimum atomic E-state index is -0.418. The molecule has 1 heterocycles. The lowest BCUT2D eigenvalue weighted by molar-refractivity contribution is -0.124. The van der Waals surface area contributed by atoms with Gasteiger partial charge in [0.2, 0.25) is 5.91 Å². The van der Waals surface area contributed by atoms with Crippen molar-refractivity contribution in [3.63, 3.8) is 0 Å². The van der Waals surface area contributed by atoms with Crippen LogP contribution in [0.4, 0.5) is 0 Å². The molecule has 2 unspecified atom stereocenters. The predicted molar refractivity (Wildman–Crippen MR) is 69.1 cm³/mol. The number of carbonyl (C=O) groups is 1. The summed E-state index contributed by atoms with van der Waals surface area (Å²) in [7, 11) is 0. The zero-order valence-corrected chi connectivity index (χ0v) is 11.4. The molecule has 2 rings (SSSR count). The first-order chi connectivity index (χ1) is 8.53. The van der Waals surface area contributed by atoms with Crippen LogP contribution in [0, 0.1) is 17.3 Å². The van der Waals surface area contributed by atoms with Gasteiger partial charge in [-0.1, -0.05) is 13.8 Å². The summed E-state index contributed by atoms with van der Waals surface area (Å²) in [6.07, 6.45) is 3.35. The number of carbonyl (C=O) groups excluding carboxylic acids is 1. The van der Waals surface area contributed by atoms with Crippen LogP contribution in [0.25, 0.3) is 0 Å². The van der Waals surface area contributed by atoms with E-state index in [9.17, 15) is 9.90 Å². The number of aliphatic hydroxyl groups excluding tert-OH is 1. The van der Waals surface area contributed by atoms with E-state index in [0.29, 0.717) is 12.5 Å². The van der Waals surface area contributed by atoms with Gasteiger partial charge in [0, 0.05) is 25.7 Å². The van der Waals surface area contributed by atoms with Gasteiger partial charge >= 0.3 is 0 Å². The number of rotatable bonds is 5. The summed E-state index contributed by atoms with van der Waals surface area (Å²) >= 11 is 0. The summed E-state index contributed by atoms with van der Waals surface area (Å²) in [5.41, 5.74) is 0.228. The number of amides is 1. The van der Waals surface area contributed by atoms with Crippen molar-refractivity contribution < 1.29 is 14.6 Å². The molecule has 0 aromatic heterocycles. The Morgan fingerprint density at radius 2 is 2.11 bits per heavy atom. The van der Waals surface area contributed by atoms with Crippen molar-refractivity contribution in [1.29, 1.82) is 0 Å². The molecule has 4 nitrogen and oxygen atoms in total. The number of aliphatic hydroxyl groups is 1. The van der Waals surface area contributed by atoms with Crippen LogP contribution in [0.3, 0.4) is 0 Å². The third kappa shape index (κ3) is 3.23. The van der Waals surface area contributed by atoms with Crippen LogP contribution in [0.1, 0.15) is 39.5 Å². The van der Waals surface area contributed by atoms with Crippen molar-refractivity contribution in [2.24, 2.45) is 17.3 Å². The molecule has 2 atom stereocenters. The average Bonchev–Trinajstić information content (AvgIpc) is 3.00. The van der Waals surface area contributed by atoms with E-state index in [1.165, 1.54) is 0 Å². The third-order valence-corrected chi connectivity index (χ3v) is 4.25. The summed E-state index contributed by atoms with van der Waals surface area (Å²) < 4.78 is 5.34. The molecule has 0 radical (unpaired) electrons.